The van der Waals surface area contributed by atoms with Crippen molar-refractivity contribution in [3.05, 3.63) is 39.9 Å². The summed E-state index contributed by atoms with van der Waals surface area (Å²) in [5.41, 5.74) is -0.235. The van der Waals surface area contributed by atoms with Gasteiger partial charge in [0.05, 0.1) is 17.6 Å². The van der Waals surface area contributed by atoms with Gasteiger partial charge in [-0.15, -0.1) is 0 Å². The topological polar surface area (TPSA) is 138 Å². The number of hydrogen-bond acceptors (Lipinski definition) is 5. The van der Waals surface area contributed by atoms with Gasteiger partial charge in [-0.25, -0.2) is 9.18 Å². The quantitative estimate of drug-likeness (QED) is 0.446. The molecule has 1 amide bonds. The first-order chi connectivity index (χ1) is 16.7. The Kier molecular flexibility index (Phi) is 7.37. The Balaban J connectivity index is 1.76. The molecule has 35 heavy (non-hydrogen) atoms. The normalized spacial score (nSPS) is 17.9. The Morgan fingerprint density at radius 3 is 2.31 bits per heavy atom. The van der Waals surface area contributed by atoms with Crippen molar-refractivity contribution in [1.29, 1.82) is 0 Å². The largest absolute Gasteiger partial charge is 0.481 e. The van der Waals surface area contributed by atoms with Crippen molar-refractivity contribution < 1.29 is 29.0 Å². The summed E-state index contributed by atoms with van der Waals surface area (Å²) in [7, 11) is 0. The van der Waals surface area contributed by atoms with Gasteiger partial charge in [-0.3, -0.25) is 14.4 Å². The lowest BCUT2D eigenvalue weighted by Crippen LogP contribution is -2.43. The minimum Gasteiger partial charge on any atom is -0.481 e. The number of hydrogen-bond donors (Lipinski definition) is 4. The Morgan fingerprint density at radius 2 is 1.69 bits per heavy atom. The molecule has 1 heterocycles. The number of amides is 1. The van der Waals surface area contributed by atoms with Crippen molar-refractivity contribution in [1.82, 2.24) is 9.88 Å². The summed E-state index contributed by atoms with van der Waals surface area (Å²) < 4.78 is 16.9. The van der Waals surface area contributed by atoms with Crippen LogP contribution in [-0.4, -0.2) is 44.7 Å². The number of carboxylic acid groups (broad SMARTS) is 2. The minimum atomic E-state index is -1.70. The van der Waals surface area contributed by atoms with Gasteiger partial charge in [0.2, 0.25) is 5.43 Å². The van der Waals surface area contributed by atoms with E-state index in [4.69, 9.17) is 5.11 Å². The molecule has 0 spiro atoms. The van der Waals surface area contributed by atoms with Gasteiger partial charge in [0.25, 0.3) is 5.91 Å². The van der Waals surface area contributed by atoms with E-state index in [1.54, 1.807) is 6.07 Å². The van der Waals surface area contributed by atoms with E-state index in [-0.39, 0.29) is 23.0 Å². The highest BCUT2D eigenvalue weighted by Gasteiger charge is 2.28. The van der Waals surface area contributed by atoms with Crippen LogP contribution >= 0.6 is 0 Å². The number of carbonyl (C=O) groups excluding carboxylic acids is 1. The molecule has 2 aliphatic carbocycles. The number of nitrogens with one attached hydrogen (secondary N) is 2. The van der Waals surface area contributed by atoms with Gasteiger partial charge in [-0.2, -0.15) is 0 Å². The molecule has 9 nitrogen and oxygen atoms in total. The third kappa shape index (κ3) is 5.47. The molecular formula is C25H30FN3O6. The molecule has 1 aromatic carbocycles. The zero-order valence-corrected chi connectivity index (χ0v) is 19.4. The number of pyridine rings is 1. The second kappa shape index (κ2) is 10.5. The van der Waals surface area contributed by atoms with Gasteiger partial charge < -0.3 is 25.4 Å². The van der Waals surface area contributed by atoms with E-state index in [9.17, 15) is 24.3 Å². The third-order valence-electron chi connectivity index (χ3n) is 7.03. The van der Waals surface area contributed by atoms with Gasteiger partial charge in [-0.05, 0) is 37.8 Å². The molecule has 2 fully saturated rings. The zero-order valence-electron chi connectivity index (χ0n) is 19.4. The summed E-state index contributed by atoms with van der Waals surface area (Å²) >= 11 is 0. The van der Waals surface area contributed by atoms with Crippen LogP contribution in [0.15, 0.2) is 23.1 Å². The molecule has 1 aromatic heterocycles. The maximum Gasteiger partial charge on any atom is 0.326 e. The van der Waals surface area contributed by atoms with Crippen LogP contribution in [0.25, 0.3) is 10.9 Å². The molecule has 2 saturated carbocycles. The molecule has 4 rings (SSSR count). The second-order valence-corrected chi connectivity index (χ2v) is 9.51. The van der Waals surface area contributed by atoms with Crippen molar-refractivity contribution in [3.63, 3.8) is 0 Å². The smallest absolute Gasteiger partial charge is 0.326 e. The zero-order chi connectivity index (χ0) is 25.1. The van der Waals surface area contributed by atoms with Gasteiger partial charge in [0.1, 0.15) is 17.4 Å². The number of benzene rings is 1. The molecule has 1 atom stereocenters. The van der Waals surface area contributed by atoms with Crippen LogP contribution in [0.2, 0.25) is 0 Å². The van der Waals surface area contributed by atoms with E-state index in [1.165, 1.54) is 12.6 Å². The fourth-order valence-corrected chi connectivity index (χ4v) is 5.20. The number of nitrogens with zero attached hydrogens (tertiary/aromatic N) is 1. The highest BCUT2D eigenvalue weighted by Crippen LogP contribution is 2.34. The highest BCUT2D eigenvalue weighted by molar-refractivity contribution is 6.00. The molecule has 0 bridgehead atoms. The van der Waals surface area contributed by atoms with E-state index in [0.717, 1.165) is 57.4 Å². The molecule has 10 heteroatoms. The fourth-order valence-electron chi connectivity index (χ4n) is 5.20. The molecule has 2 aliphatic rings. The standard InChI is InChI=1S/C25H30FN3O6/c26-18-10-16-21(11-19(18)27-14-6-2-1-3-7-14)29(15-8-4-5-9-15)13-17(23(16)32)24(33)28-20(25(34)35)12-22(30)31/h10-11,13-15,20,27H,1-9,12H2,(H,28,33)(H,30,31)(H,34,35)/t20-/m0/s1. The summed E-state index contributed by atoms with van der Waals surface area (Å²) in [5.74, 6) is -4.52. The second-order valence-electron chi connectivity index (χ2n) is 9.51. The number of anilines is 1. The highest BCUT2D eigenvalue weighted by atomic mass is 19.1. The SMILES string of the molecule is O=C(O)C[C@H](NC(=O)c1cn(C2CCCC2)c2cc(NC3CCCCC3)c(F)cc2c1=O)C(=O)O. The Hall–Kier alpha value is -3.43. The number of carbonyl (C=O) groups is 3. The number of halogens is 1. The average molecular weight is 488 g/mol. The lowest BCUT2D eigenvalue weighted by atomic mass is 9.95. The lowest BCUT2D eigenvalue weighted by molar-refractivity contribution is -0.145. The summed E-state index contributed by atoms with van der Waals surface area (Å²) in [6.07, 6.45) is 9.42. The summed E-state index contributed by atoms with van der Waals surface area (Å²) in [6, 6.07) is 1.23. The molecular weight excluding hydrogens is 457 g/mol. The minimum absolute atomic E-state index is 0.00642. The van der Waals surface area contributed by atoms with Gasteiger partial charge in [0.15, 0.2) is 0 Å². The van der Waals surface area contributed by atoms with Crippen LogP contribution in [0.4, 0.5) is 10.1 Å². The lowest BCUT2D eigenvalue weighted by Gasteiger charge is -2.25. The fraction of sp³-hybridized carbons (Fsp3) is 0.520. The molecule has 188 valence electrons. The predicted molar refractivity (Wildman–Crippen MR) is 127 cm³/mol. The van der Waals surface area contributed by atoms with Crippen molar-refractivity contribution >= 4 is 34.4 Å². The van der Waals surface area contributed by atoms with Crippen molar-refractivity contribution in [3.8, 4) is 0 Å². The summed E-state index contributed by atoms with van der Waals surface area (Å²) in [4.78, 5) is 48.5. The Morgan fingerprint density at radius 1 is 1.03 bits per heavy atom. The van der Waals surface area contributed by atoms with E-state index >= 15 is 4.39 Å². The van der Waals surface area contributed by atoms with Crippen molar-refractivity contribution in [2.24, 2.45) is 0 Å². The van der Waals surface area contributed by atoms with E-state index in [1.807, 2.05) is 4.57 Å². The van der Waals surface area contributed by atoms with Crippen LogP contribution in [0.1, 0.15) is 80.6 Å². The number of carboxylic acids is 2. The van der Waals surface area contributed by atoms with Crippen molar-refractivity contribution in [2.75, 3.05) is 5.32 Å². The number of aliphatic carboxylic acids is 2. The van der Waals surface area contributed by atoms with Crippen molar-refractivity contribution in [2.45, 2.75) is 82.3 Å². The first-order valence-electron chi connectivity index (χ1n) is 12.1. The van der Waals surface area contributed by atoms with Gasteiger partial charge in [-0.1, -0.05) is 32.1 Å². The maximum absolute atomic E-state index is 15.1. The number of fused-ring (bicyclic) bond motifs is 1. The summed E-state index contributed by atoms with van der Waals surface area (Å²) in [5, 5.41) is 23.7. The number of aromatic nitrogens is 1. The van der Waals surface area contributed by atoms with Crippen LogP contribution in [-0.2, 0) is 9.59 Å². The van der Waals surface area contributed by atoms with E-state index < -0.39 is 41.6 Å². The molecule has 0 aliphatic heterocycles. The van der Waals surface area contributed by atoms with Gasteiger partial charge >= 0.3 is 11.9 Å². The number of rotatable bonds is 8. The first-order valence-corrected chi connectivity index (χ1v) is 12.1. The van der Waals surface area contributed by atoms with Crippen LogP contribution in [0.5, 0.6) is 0 Å². The van der Waals surface area contributed by atoms with Crippen LogP contribution in [0, 0.1) is 5.82 Å². The summed E-state index contributed by atoms with van der Waals surface area (Å²) in [6.45, 7) is 0. The molecule has 2 aromatic rings. The predicted octanol–water partition coefficient (Wildman–Crippen LogP) is 3.66. The van der Waals surface area contributed by atoms with Crippen LogP contribution < -0.4 is 16.1 Å². The molecule has 0 radical (unpaired) electrons. The maximum atomic E-state index is 15.1. The monoisotopic (exact) mass is 487 g/mol. The molecule has 0 saturated heterocycles. The van der Waals surface area contributed by atoms with E-state index in [2.05, 4.69) is 10.6 Å². The first kappa shape index (κ1) is 24.7. The Labute approximate surface area is 201 Å². The molecule has 4 N–H and O–H groups in total. The Bertz CT molecular complexity index is 1200. The average Bonchev–Trinajstić information content (AvgIpc) is 3.35. The molecule has 0 unspecified atom stereocenters. The van der Waals surface area contributed by atoms with Crippen LogP contribution in [0.3, 0.4) is 0 Å². The third-order valence-corrected chi connectivity index (χ3v) is 7.03. The van der Waals surface area contributed by atoms with Gasteiger partial charge in [0, 0.05) is 23.7 Å². The van der Waals surface area contributed by atoms with E-state index in [0.29, 0.717) is 11.2 Å².